The molecule has 4 aliphatic heterocycles. The average molecular weight is 445 g/mol. The SMILES string of the molecule is O=C1CCC(N2Cc3c(CN4CCC5(CC4)CNc4ccccc45)cccc3C2=O)C(=O)N1. The summed E-state index contributed by atoms with van der Waals surface area (Å²) in [6.07, 6.45) is 2.90. The molecule has 4 heterocycles. The van der Waals surface area contributed by atoms with E-state index in [1.54, 1.807) is 4.90 Å². The Bertz CT molecular complexity index is 1150. The fourth-order valence-electron chi connectivity index (χ4n) is 6.08. The fourth-order valence-corrected chi connectivity index (χ4v) is 6.08. The van der Waals surface area contributed by atoms with Gasteiger partial charge < -0.3 is 10.2 Å². The minimum atomic E-state index is -0.569. The van der Waals surface area contributed by atoms with E-state index in [2.05, 4.69) is 45.9 Å². The Hall–Kier alpha value is -3.19. The van der Waals surface area contributed by atoms with Gasteiger partial charge in [-0.2, -0.15) is 0 Å². The second kappa shape index (κ2) is 7.70. The molecule has 2 aromatic rings. The zero-order chi connectivity index (χ0) is 22.6. The van der Waals surface area contributed by atoms with E-state index in [0.29, 0.717) is 18.5 Å². The molecule has 0 radical (unpaired) electrons. The van der Waals surface area contributed by atoms with Crippen molar-refractivity contribution in [2.75, 3.05) is 25.0 Å². The quantitative estimate of drug-likeness (QED) is 0.711. The van der Waals surface area contributed by atoms with Gasteiger partial charge in [0.05, 0.1) is 0 Å². The van der Waals surface area contributed by atoms with Gasteiger partial charge in [-0.15, -0.1) is 0 Å². The standard InChI is InChI=1S/C26H28N4O3/c31-23-9-8-22(24(32)28-23)30-15-19-17(4-3-5-18(19)25(30)33)14-29-12-10-26(11-13-29)16-27-21-7-2-1-6-20(21)26/h1-7,22,27H,8-16H2,(H,28,31,32). The molecule has 2 N–H and O–H groups in total. The van der Waals surface area contributed by atoms with Gasteiger partial charge in [-0.05, 0) is 61.2 Å². The van der Waals surface area contributed by atoms with E-state index >= 15 is 0 Å². The number of nitrogens with zero attached hydrogens (tertiary/aromatic N) is 2. The molecule has 0 aromatic heterocycles. The molecule has 170 valence electrons. The van der Waals surface area contributed by atoms with Gasteiger partial charge in [0.1, 0.15) is 6.04 Å². The number of fused-ring (bicyclic) bond motifs is 3. The van der Waals surface area contributed by atoms with Crippen molar-refractivity contribution in [3.63, 3.8) is 0 Å². The Labute approximate surface area is 193 Å². The molecule has 2 aromatic carbocycles. The first-order chi connectivity index (χ1) is 16.0. The molecular weight excluding hydrogens is 416 g/mol. The maximum Gasteiger partial charge on any atom is 0.255 e. The van der Waals surface area contributed by atoms with Crippen LogP contribution in [-0.2, 0) is 28.1 Å². The second-order valence-electron chi connectivity index (χ2n) is 9.80. The molecule has 1 spiro atoms. The fraction of sp³-hybridized carbons (Fsp3) is 0.423. The number of hydrogen-bond donors (Lipinski definition) is 2. The predicted molar refractivity (Wildman–Crippen MR) is 124 cm³/mol. The summed E-state index contributed by atoms with van der Waals surface area (Å²) >= 11 is 0. The number of para-hydroxylation sites is 1. The van der Waals surface area contributed by atoms with E-state index in [-0.39, 0.29) is 29.6 Å². The van der Waals surface area contributed by atoms with E-state index < -0.39 is 6.04 Å². The lowest BCUT2D eigenvalue weighted by molar-refractivity contribution is -0.136. The summed E-state index contributed by atoms with van der Waals surface area (Å²) < 4.78 is 0. The van der Waals surface area contributed by atoms with Crippen molar-refractivity contribution in [3.05, 3.63) is 64.7 Å². The van der Waals surface area contributed by atoms with E-state index in [1.807, 2.05) is 12.1 Å². The van der Waals surface area contributed by atoms with E-state index in [0.717, 1.165) is 50.1 Å². The number of amides is 3. The molecule has 1 atom stereocenters. The minimum absolute atomic E-state index is 0.104. The number of likely N-dealkylation sites (tertiary alicyclic amines) is 1. The van der Waals surface area contributed by atoms with Crippen molar-refractivity contribution in [1.82, 2.24) is 15.1 Å². The van der Waals surface area contributed by atoms with Crippen LogP contribution in [0, 0.1) is 0 Å². The lowest BCUT2D eigenvalue weighted by Gasteiger charge is -2.39. The predicted octanol–water partition coefficient (Wildman–Crippen LogP) is 2.41. The van der Waals surface area contributed by atoms with Crippen LogP contribution in [0.2, 0.25) is 0 Å². The highest BCUT2D eigenvalue weighted by molar-refractivity contribution is 6.05. The number of hydrogen-bond acceptors (Lipinski definition) is 5. The summed E-state index contributed by atoms with van der Waals surface area (Å²) in [6.45, 7) is 4.29. The molecule has 7 heteroatoms. The van der Waals surface area contributed by atoms with Crippen LogP contribution in [0.15, 0.2) is 42.5 Å². The third kappa shape index (κ3) is 3.33. The summed E-state index contributed by atoms with van der Waals surface area (Å²) in [5.74, 6) is -0.725. The molecule has 4 aliphatic rings. The van der Waals surface area contributed by atoms with Gasteiger partial charge in [0, 0.05) is 42.7 Å². The Kier molecular flexibility index (Phi) is 4.76. The van der Waals surface area contributed by atoms with E-state index in [9.17, 15) is 14.4 Å². The Morgan fingerprint density at radius 3 is 2.64 bits per heavy atom. The number of nitrogens with one attached hydrogen (secondary N) is 2. The zero-order valence-electron chi connectivity index (χ0n) is 18.6. The van der Waals surface area contributed by atoms with Crippen LogP contribution in [0.5, 0.6) is 0 Å². The van der Waals surface area contributed by atoms with Crippen LogP contribution in [0.1, 0.15) is 52.7 Å². The van der Waals surface area contributed by atoms with Gasteiger partial charge >= 0.3 is 0 Å². The van der Waals surface area contributed by atoms with Crippen LogP contribution >= 0.6 is 0 Å². The zero-order valence-corrected chi connectivity index (χ0v) is 18.6. The van der Waals surface area contributed by atoms with Crippen LogP contribution in [0.25, 0.3) is 0 Å². The van der Waals surface area contributed by atoms with Crippen LogP contribution < -0.4 is 10.6 Å². The molecule has 0 aliphatic carbocycles. The van der Waals surface area contributed by atoms with Crippen LogP contribution in [0.3, 0.4) is 0 Å². The Morgan fingerprint density at radius 2 is 1.82 bits per heavy atom. The summed E-state index contributed by atoms with van der Waals surface area (Å²) in [7, 11) is 0. The van der Waals surface area contributed by atoms with Crippen molar-refractivity contribution >= 4 is 23.4 Å². The van der Waals surface area contributed by atoms with Gasteiger partial charge in [-0.1, -0.05) is 30.3 Å². The number of carbonyl (C=O) groups excluding carboxylic acids is 3. The summed E-state index contributed by atoms with van der Waals surface area (Å²) in [5.41, 5.74) is 5.84. The third-order valence-corrected chi connectivity index (χ3v) is 8.00. The Balaban J connectivity index is 1.17. The average Bonchev–Trinajstić information content (AvgIpc) is 3.35. The van der Waals surface area contributed by atoms with Gasteiger partial charge in [-0.3, -0.25) is 24.6 Å². The molecule has 3 amide bonds. The van der Waals surface area contributed by atoms with Gasteiger partial charge in [0.15, 0.2) is 0 Å². The number of benzene rings is 2. The molecule has 1 unspecified atom stereocenters. The maximum absolute atomic E-state index is 13.1. The Morgan fingerprint density at radius 1 is 1.00 bits per heavy atom. The first kappa shape index (κ1) is 20.4. The monoisotopic (exact) mass is 444 g/mol. The molecule has 2 saturated heterocycles. The van der Waals surface area contributed by atoms with Crippen molar-refractivity contribution in [2.45, 2.75) is 50.2 Å². The molecule has 0 saturated carbocycles. The molecule has 33 heavy (non-hydrogen) atoms. The van der Waals surface area contributed by atoms with E-state index in [1.165, 1.54) is 11.3 Å². The minimum Gasteiger partial charge on any atom is -0.384 e. The summed E-state index contributed by atoms with van der Waals surface area (Å²) in [4.78, 5) is 41.1. The number of carbonyl (C=O) groups is 3. The summed E-state index contributed by atoms with van der Waals surface area (Å²) in [6, 6.07) is 14.0. The highest BCUT2D eigenvalue weighted by Crippen LogP contribution is 2.44. The summed E-state index contributed by atoms with van der Waals surface area (Å²) in [5, 5.41) is 5.97. The van der Waals surface area contributed by atoms with Gasteiger partial charge in [0.2, 0.25) is 11.8 Å². The van der Waals surface area contributed by atoms with Crippen molar-refractivity contribution in [3.8, 4) is 0 Å². The molecule has 2 fully saturated rings. The largest absolute Gasteiger partial charge is 0.384 e. The maximum atomic E-state index is 13.1. The van der Waals surface area contributed by atoms with Crippen molar-refractivity contribution in [1.29, 1.82) is 0 Å². The van der Waals surface area contributed by atoms with Gasteiger partial charge in [-0.25, -0.2) is 0 Å². The topological polar surface area (TPSA) is 81.8 Å². The highest BCUT2D eigenvalue weighted by atomic mass is 16.2. The number of piperidine rings is 2. The van der Waals surface area contributed by atoms with Gasteiger partial charge in [0.25, 0.3) is 5.91 Å². The third-order valence-electron chi connectivity index (χ3n) is 8.00. The molecule has 0 bridgehead atoms. The lowest BCUT2D eigenvalue weighted by atomic mass is 9.74. The highest BCUT2D eigenvalue weighted by Gasteiger charge is 2.42. The van der Waals surface area contributed by atoms with Crippen molar-refractivity contribution in [2.24, 2.45) is 0 Å². The lowest BCUT2D eigenvalue weighted by Crippen LogP contribution is -2.52. The van der Waals surface area contributed by atoms with E-state index in [4.69, 9.17) is 0 Å². The first-order valence-electron chi connectivity index (χ1n) is 11.9. The molecular formula is C26H28N4O3. The number of imide groups is 1. The normalized spacial score (nSPS) is 23.9. The van der Waals surface area contributed by atoms with Crippen LogP contribution in [-0.4, -0.2) is 53.2 Å². The number of rotatable bonds is 3. The molecule has 7 nitrogen and oxygen atoms in total. The first-order valence-corrected chi connectivity index (χ1v) is 11.9. The smallest absolute Gasteiger partial charge is 0.255 e. The molecule has 6 rings (SSSR count). The number of anilines is 1. The van der Waals surface area contributed by atoms with Crippen molar-refractivity contribution < 1.29 is 14.4 Å². The van der Waals surface area contributed by atoms with Crippen LogP contribution in [0.4, 0.5) is 5.69 Å². The second-order valence-corrected chi connectivity index (χ2v) is 9.80.